The molecule has 0 aliphatic carbocycles. The number of nitrogens with zero attached hydrogens (tertiary/aromatic N) is 1. The average molecular weight is 274 g/mol. The molecule has 106 valence electrons. The summed E-state index contributed by atoms with van der Waals surface area (Å²) in [5.41, 5.74) is 6.11. The van der Waals surface area contributed by atoms with Crippen molar-refractivity contribution in [2.24, 2.45) is 0 Å². The smallest absolute Gasteiger partial charge is 0.250 e. The third-order valence-corrected chi connectivity index (χ3v) is 2.72. The second-order valence-electron chi connectivity index (χ2n) is 4.25. The summed E-state index contributed by atoms with van der Waals surface area (Å²) in [6.45, 7) is 3.38. The van der Waals surface area contributed by atoms with Crippen molar-refractivity contribution < 1.29 is 9.47 Å². The van der Waals surface area contributed by atoms with Crippen molar-refractivity contribution in [2.75, 3.05) is 18.9 Å². The Kier molecular flexibility index (Phi) is 4.65. The van der Waals surface area contributed by atoms with E-state index in [9.17, 15) is 4.79 Å². The highest BCUT2D eigenvalue weighted by molar-refractivity contribution is 5.34. The van der Waals surface area contributed by atoms with Crippen molar-refractivity contribution in [3.8, 4) is 11.5 Å². The fraction of sp³-hybridized carbons (Fsp3) is 0.267. The van der Waals surface area contributed by atoms with Crippen LogP contribution in [0.2, 0.25) is 0 Å². The number of hydrogen-bond donors (Lipinski definition) is 1. The van der Waals surface area contributed by atoms with Gasteiger partial charge >= 0.3 is 0 Å². The molecule has 0 radical (unpaired) electrons. The number of pyridine rings is 1. The van der Waals surface area contributed by atoms with Crippen LogP contribution in [0, 0.1) is 0 Å². The number of rotatable bonds is 6. The van der Waals surface area contributed by atoms with Crippen molar-refractivity contribution >= 4 is 5.69 Å². The van der Waals surface area contributed by atoms with Crippen LogP contribution in [0.1, 0.15) is 6.92 Å². The number of nitrogen functional groups attached to an aromatic ring is 1. The minimum Gasteiger partial charge on any atom is -0.494 e. The number of aromatic nitrogens is 1. The van der Waals surface area contributed by atoms with Gasteiger partial charge in [0.2, 0.25) is 0 Å². The maximum absolute atomic E-state index is 11.6. The van der Waals surface area contributed by atoms with Gasteiger partial charge in [-0.1, -0.05) is 6.07 Å². The lowest BCUT2D eigenvalue weighted by molar-refractivity contribution is 0.291. The lowest BCUT2D eigenvalue weighted by atomic mass is 10.3. The Labute approximate surface area is 117 Å². The van der Waals surface area contributed by atoms with E-state index in [0.29, 0.717) is 31.2 Å². The third-order valence-electron chi connectivity index (χ3n) is 2.72. The van der Waals surface area contributed by atoms with Crippen LogP contribution >= 0.6 is 0 Å². The summed E-state index contributed by atoms with van der Waals surface area (Å²) >= 11 is 0. The quantitative estimate of drug-likeness (QED) is 0.873. The lowest BCUT2D eigenvalue weighted by Crippen LogP contribution is -2.22. The van der Waals surface area contributed by atoms with Gasteiger partial charge in [-0.3, -0.25) is 4.79 Å². The molecular weight excluding hydrogens is 256 g/mol. The molecule has 0 spiro atoms. The minimum atomic E-state index is -0.0918. The molecule has 2 N–H and O–H groups in total. The van der Waals surface area contributed by atoms with Gasteiger partial charge in [0.25, 0.3) is 5.56 Å². The van der Waals surface area contributed by atoms with E-state index in [-0.39, 0.29) is 5.56 Å². The highest BCUT2D eigenvalue weighted by Gasteiger charge is 1.99. The topological polar surface area (TPSA) is 66.5 Å². The molecule has 0 aliphatic heterocycles. The first-order chi connectivity index (χ1) is 9.69. The number of nitrogens with two attached hydrogens (primary N) is 1. The van der Waals surface area contributed by atoms with E-state index < -0.39 is 0 Å². The van der Waals surface area contributed by atoms with Crippen molar-refractivity contribution in [3.63, 3.8) is 0 Å². The number of benzene rings is 1. The molecule has 0 unspecified atom stereocenters. The maximum atomic E-state index is 11.6. The van der Waals surface area contributed by atoms with Crippen molar-refractivity contribution in [1.29, 1.82) is 0 Å². The van der Waals surface area contributed by atoms with Crippen LogP contribution in [0.15, 0.2) is 47.4 Å². The Morgan fingerprint density at radius 1 is 1.15 bits per heavy atom. The molecule has 1 aromatic heterocycles. The molecule has 20 heavy (non-hydrogen) atoms. The lowest BCUT2D eigenvalue weighted by Gasteiger charge is -2.10. The van der Waals surface area contributed by atoms with Crippen LogP contribution in [-0.2, 0) is 6.54 Å². The van der Waals surface area contributed by atoms with E-state index in [0.717, 1.165) is 5.75 Å². The summed E-state index contributed by atoms with van der Waals surface area (Å²) in [4.78, 5) is 11.6. The molecule has 0 atom stereocenters. The van der Waals surface area contributed by atoms with E-state index >= 15 is 0 Å². The van der Waals surface area contributed by atoms with Crippen LogP contribution in [0.4, 0.5) is 5.69 Å². The Bertz CT molecular complexity index is 623. The van der Waals surface area contributed by atoms with Crippen molar-refractivity contribution in [1.82, 2.24) is 4.57 Å². The fourth-order valence-corrected chi connectivity index (χ4v) is 1.81. The Balaban J connectivity index is 1.94. The molecule has 1 heterocycles. The summed E-state index contributed by atoms with van der Waals surface area (Å²) in [5, 5.41) is 0. The fourth-order valence-electron chi connectivity index (χ4n) is 1.81. The SMILES string of the molecule is CCOc1cccc(OCCn2cc(N)ccc2=O)c1. The van der Waals surface area contributed by atoms with E-state index in [1.165, 1.54) is 10.6 Å². The van der Waals surface area contributed by atoms with Gasteiger partial charge in [-0.25, -0.2) is 0 Å². The normalized spacial score (nSPS) is 10.2. The largest absolute Gasteiger partial charge is 0.494 e. The van der Waals surface area contributed by atoms with Gasteiger partial charge in [0.1, 0.15) is 18.1 Å². The number of ether oxygens (including phenoxy) is 2. The highest BCUT2D eigenvalue weighted by Crippen LogP contribution is 2.19. The average Bonchev–Trinajstić information content (AvgIpc) is 2.43. The molecule has 2 rings (SSSR count). The van der Waals surface area contributed by atoms with Crippen LogP contribution in [0.3, 0.4) is 0 Å². The Morgan fingerprint density at radius 2 is 1.90 bits per heavy atom. The summed E-state index contributed by atoms with van der Waals surface area (Å²) in [7, 11) is 0. The number of anilines is 1. The Morgan fingerprint density at radius 3 is 2.65 bits per heavy atom. The molecule has 0 amide bonds. The van der Waals surface area contributed by atoms with Gasteiger partial charge in [-0.2, -0.15) is 0 Å². The molecule has 0 saturated heterocycles. The van der Waals surface area contributed by atoms with Crippen LogP contribution in [0.5, 0.6) is 11.5 Å². The van der Waals surface area contributed by atoms with Gasteiger partial charge in [0.05, 0.1) is 13.2 Å². The zero-order valence-corrected chi connectivity index (χ0v) is 11.4. The maximum Gasteiger partial charge on any atom is 0.250 e. The van der Waals surface area contributed by atoms with Crippen LogP contribution in [-0.4, -0.2) is 17.8 Å². The van der Waals surface area contributed by atoms with Gasteiger partial charge in [-0.15, -0.1) is 0 Å². The zero-order valence-electron chi connectivity index (χ0n) is 11.4. The van der Waals surface area contributed by atoms with E-state index in [1.807, 2.05) is 31.2 Å². The molecule has 0 bridgehead atoms. The number of hydrogen-bond acceptors (Lipinski definition) is 4. The summed E-state index contributed by atoms with van der Waals surface area (Å²) in [6.07, 6.45) is 1.61. The van der Waals surface area contributed by atoms with E-state index in [1.54, 1.807) is 12.3 Å². The summed E-state index contributed by atoms with van der Waals surface area (Å²) in [5.74, 6) is 1.49. The second kappa shape index (κ2) is 6.65. The van der Waals surface area contributed by atoms with Crippen LogP contribution < -0.4 is 20.8 Å². The van der Waals surface area contributed by atoms with Crippen LogP contribution in [0.25, 0.3) is 0 Å². The molecular formula is C15H18N2O3. The predicted octanol–water partition coefficient (Wildman–Crippen LogP) is 1.91. The van der Waals surface area contributed by atoms with E-state index in [4.69, 9.17) is 15.2 Å². The van der Waals surface area contributed by atoms with Gasteiger partial charge in [0.15, 0.2) is 0 Å². The molecule has 5 heteroatoms. The van der Waals surface area contributed by atoms with E-state index in [2.05, 4.69) is 0 Å². The standard InChI is InChI=1S/C15H18N2O3/c1-2-19-13-4-3-5-14(10-13)20-9-8-17-11-12(16)6-7-15(17)18/h3-7,10-11H,2,8-9,16H2,1H3. The highest BCUT2D eigenvalue weighted by atomic mass is 16.5. The summed E-state index contributed by atoms with van der Waals surface area (Å²) in [6, 6.07) is 10.5. The van der Waals surface area contributed by atoms with Gasteiger partial charge < -0.3 is 19.8 Å². The Hall–Kier alpha value is -2.43. The molecule has 0 saturated carbocycles. The predicted molar refractivity (Wildman–Crippen MR) is 78.2 cm³/mol. The molecule has 0 aliphatic rings. The first-order valence-corrected chi connectivity index (χ1v) is 6.50. The monoisotopic (exact) mass is 274 g/mol. The molecule has 0 fully saturated rings. The van der Waals surface area contributed by atoms with Gasteiger partial charge in [-0.05, 0) is 25.1 Å². The summed E-state index contributed by atoms with van der Waals surface area (Å²) < 4.78 is 12.5. The zero-order chi connectivity index (χ0) is 14.4. The molecule has 2 aromatic rings. The van der Waals surface area contributed by atoms with Gasteiger partial charge in [0, 0.05) is 24.0 Å². The van der Waals surface area contributed by atoms with Crippen molar-refractivity contribution in [2.45, 2.75) is 13.5 Å². The third kappa shape index (κ3) is 3.78. The minimum absolute atomic E-state index is 0.0918. The first-order valence-electron chi connectivity index (χ1n) is 6.50. The molecule has 5 nitrogen and oxygen atoms in total. The molecule has 1 aromatic carbocycles. The second-order valence-corrected chi connectivity index (χ2v) is 4.25. The first kappa shape index (κ1) is 14.0. The van der Waals surface area contributed by atoms with Crippen molar-refractivity contribution in [3.05, 3.63) is 52.9 Å².